The van der Waals surface area contributed by atoms with Gasteiger partial charge in [0.1, 0.15) is 0 Å². The van der Waals surface area contributed by atoms with Gasteiger partial charge in [0.15, 0.2) is 0 Å². The Morgan fingerprint density at radius 1 is 1.19 bits per heavy atom. The molecule has 0 spiro atoms. The predicted molar refractivity (Wildman–Crippen MR) is 66.7 cm³/mol. The molecule has 16 heavy (non-hydrogen) atoms. The van der Waals surface area contributed by atoms with Crippen LogP contribution in [0.25, 0.3) is 0 Å². The van der Waals surface area contributed by atoms with E-state index in [1.165, 1.54) is 38.6 Å². The van der Waals surface area contributed by atoms with Crippen LogP contribution in [-0.2, 0) is 4.74 Å². The van der Waals surface area contributed by atoms with Crippen LogP contribution in [0.1, 0.15) is 32.1 Å². The van der Waals surface area contributed by atoms with E-state index >= 15 is 0 Å². The number of rotatable bonds is 4. The summed E-state index contributed by atoms with van der Waals surface area (Å²) in [6, 6.07) is 0. The summed E-state index contributed by atoms with van der Waals surface area (Å²) in [6.45, 7) is 5.27. The van der Waals surface area contributed by atoms with Crippen molar-refractivity contribution in [3.63, 3.8) is 0 Å². The quantitative estimate of drug-likeness (QED) is 0.786. The van der Waals surface area contributed by atoms with Gasteiger partial charge in [-0.25, -0.2) is 0 Å². The van der Waals surface area contributed by atoms with E-state index in [1.54, 1.807) is 0 Å². The molecule has 0 aromatic heterocycles. The number of ether oxygens (including phenoxy) is 1. The zero-order valence-electron chi connectivity index (χ0n) is 10.6. The van der Waals surface area contributed by atoms with Crippen molar-refractivity contribution < 1.29 is 4.74 Å². The van der Waals surface area contributed by atoms with Crippen LogP contribution >= 0.6 is 0 Å². The maximum absolute atomic E-state index is 5.73. The highest BCUT2D eigenvalue weighted by molar-refractivity contribution is 4.74. The predicted octanol–water partition coefficient (Wildman–Crippen LogP) is 1.49. The highest BCUT2D eigenvalue weighted by Crippen LogP contribution is 2.24. The van der Waals surface area contributed by atoms with Crippen molar-refractivity contribution in [2.24, 2.45) is 5.92 Å². The highest BCUT2D eigenvalue weighted by Gasteiger charge is 2.19. The third kappa shape index (κ3) is 4.04. The van der Waals surface area contributed by atoms with Crippen LogP contribution < -0.4 is 5.32 Å². The second-order valence-electron chi connectivity index (χ2n) is 5.42. The fourth-order valence-electron chi connectivity index (χ4n) is 2.97. The Hall–Kier alpha value is -0.120. The van der Waals surface area contributed by atoms with Crippen LogP contribution in [0.3, 0.4) is 0 Å². The lowest BCUT2D eigenvalue weighted by atomic mass is 9.89. The number of hydrogen-bond donors (Lipinski definition) is 1. The zero-order chi connectivity index (χ0) is 11.2. The van der Waals surface area contributed by atoms with E-state index in [4.69, 9.17) is 4.74 Å². The van der Waals surface area contributed by atoms with Crippen molar-refractivity contribution in [3.05, 3.63) is 0 Å². The van der Waals surface area contributed by atoms with E-state index in [0.29, 0.717) is 6.10 Å². The van der Waals surface area contributed by atoms with Crippen molar-refractivity contribution in [1.82, 2.24) is 10.2 Å². The molecule has 1 N–H and O–H groups in total. The first-order chi connectivity index (χ1) is 7.84. The average molecular weight is 226 g/mol. The van der Waals surface area contributed by atoms with Gasteiger partial charge < -0.3 is 15.0 Å². The first kappa shape index (κ1) is 12.3. The summed E-state index contributed by atoms with van der Waals surface area (Å²) in [6.07, 6.45) is 7.63. The van der Waals surface area contributed by atoms with Gasteiger partial charge in [-0.05, 0) is 25.8 Å². The SMILES string of the molecule is CN(CC1CCCCC1)CC1CNCCO1. The van der Waals surface area contributed by atoms with Crippen molar-refractivity contribution in [3.8, 4) is 0 Å². The van der Waals surface area contributed by atoms with Gasteiger partial charge in [0.05, 0.1) is 12.7 Å². The molecule has 2 fully saturated rings. The average Bonchev–Trinajstić information content (AvgIpc) is 2.31. The van der Waals surface area contributed by atoms with E-state index in [0.717, 1.165) is 32.2 Å². The number of morpholine rings is 1. The van der Waals surface area contributed by atoms with Gasteiger partial charge in [-0.2, -0.15) is 0 Å². The molecule has 2 rings (SSSR count). The highest BCUT2D eigenvalue weighted by atomic mass is 16.5. The third-order valence-electron chi connectivity index (χ3n) is 3.81. The Balaban J connectivity index is 1.64. The zero-order valence-corrected chi connectivity index (χ0v) is 10.6. The molecule has 0 radical (unpaired) electrons. The number of nitrogens with zero attached hydrogens (tertiary/aromatic N) is 1. The van der Waals surface area contributed by atoms with Gasteiger partial charge in [-0.1, -0.05) is 19.3 Å². The maximum atomic E-state index is 5.73. The largest absolute Gasteiger partial charge is 0.374 e. The van der Waals surface area contributed by atoms with Crippen LogP contribution in [0.5, 0.6) is 0 Å². The van der Waals surface area contributed by atoms with Crippen LogP contribution in [-0.4, -0.2) is 50.8 Å². The summed E-state index contributed by atoms with van der Waals surface area (Å²) in [5.74, 6) is 0.940. The molecule has 1 aliphatic carbocycles. The van der Waals surface area contributed by atoms with E-state index in [2.05, 4.69) is 17.3 Å². The molecule has 0 amide bonds. The lowest BCUT2D eigenvalue weighted by Gasteiger charge is -2.31. The van der Waals surface area contributed by atoms with Gasteiger partial charge in [0.2, 0.25) is 0 Å². The molecular formula is C13H26N2O. The molecule has 1 saturated heterocycles. The minimum absolute atomic E-state index is 0.405. The van der Waals surface area contributed by atoms with Gasteiger partial charge in [-0.3, -0.25) is 0 Å². The van der Waals surface area contributed by atoms with Crippen LogP contribution in [0.4, 0.5) is 0 Å². The van der Waals surface area contributed by atoms with E-state index in [9.17, 15) is 0 Å². The summed E-state index contributed by atoms with van der Waals surface area (Å²) < 4.78 is 5.73. The molecule has 94 valence electrons. The summed E-state index contributed by atoms with van der Waals surface area (Å²) in [7, 11) is 2.24. The standard InChI is InChI=1S/C13H26N2O/c1-15(10-12-5-3-2-4-6-12)11-13-9-14-7-8-16-13/h12-14H,2-11H2,1H3. The monoisotopic (exact) mass is 226 g/mol. The molecule has 0 aromatic rings. The third-order valence-corrected chi connectivity index (χ3v) is 3.81. The normalized spacial score (nSPS) is 28.5. The number of likely N-dealkylation sites (N-methyl/N-ethyl adjacent to an activating group) is 1. The Morgan fingerprint density at radius 3 is 2.69 bits per heavy atom. The first-order valence-corrected chi connectivity index (χ1v) is 6.85. The topological polar surface area (TPSA) is 24.5 Å². The van der Waals surface area contributed by atoms with E-state index in [1.807, 2.05) is 0 Å². The maximum Gasteiger partial charge on any atom is 0.0826 e. The Bertz CT molecular complexity index is 166. The molecule has 1 saturated carbocycles. The van der Waals surface area contributed by atoms with Crippen molar-refractivity contribution in [1.29, 1.82) is 0 Å². The van der Waals surface area contributed by atoms with Crippen LogP contribution in [0, 0.1) is 5.92 Å². The summed E-state index contributed by atoms with van der Waals surface area (Å²) >= 11 is 0. The van der Waals surface area contributed by atoms with Crippen LogP contribution in [0.15, 0.2) is 0 Å². The molecule has 2 aliphatic rings. The minimum atomic E-state index is 0.405. The van der Waals surface area contributed by atoms with Crippen molar-refractivity contribution >= 4 is 0 Å². The van der Waals surface area contributed by atoms with E-state index in [-0.39, 0.29) is 0 Å². The summed E-state index contributed by atoms with van der Waals surface area (Å²) in [5, 5.41) is 3.39. The van der Waals surface area contributed by atoms with Gasteiger partial charge in [-0.15, -0.1) is 0 Å². The summed E-state index contributed by atoms with van der Waals surface area (Å²) in [5.41, 5.74) is 0. The molecule has 3 nitrogen and oxygen atoms in total. The Kier molecular flexibility index (Phi) is 5.07. The van der Waals surface area contributed by atoms with Crippen molar-refractivity contribution in [2.75, 3.05) is 39.8 Å². The first-order valence-electron chi connectivity index (χ1n) is 6.85. The number of hydrogen-bond acceptors (Lipinski definition) is 3. The second-order valence-corrected chi connectivity index (χ2v) is 5.42. The molecule has 0 bridgehead atoms. The number of nitrogens with one attached hydrogen (secondary N) is 1. The lowest BCUT2D eigenvalue weighted by molar-refractivity contribution is 0.00699. The van der Waals surface area contributed by atoms with Gasteiger partial charge in [0, 0.05) is 26.2 Å². The van der Waals surface area contributed by atoms with E-state index < -0.39 is 0 Å². The molecule has 1 heterocycles. The minimum Gasteiger partial charge on any atom is -0.374 e. The molecule has 3 heteroatoms. The molecule has 1 atom stereocenters. The molecular weight excluding hydrogens is 200 g/mol. The van der Waals surface area contributed by atoms with Crippen LogP contribution in [0.2, 0.25) is 0 Å². The Labute approximate surface area is 99.5 Å². The van der Waals surface area contributed by atoms with Gasteiger partial charge in [0.25, 0.3) is 0 Å². The van der Waals surface area contributed by atoms with Gasteiger partial charge >= 0.3 is 0 Å². The Morgan fingerprint density at radius 2 is 2.00 bits per heavy atom. The lowest BCUT2D eigenvalue weighted by Crippen LogP contribution is -2.45. The summed E-state index contributed by atoms with van der Waals surface area (Å²) in [4.78, 5) is 2.47. The smallest absolute Gasteiger partial charge is 0.0826 e. The molecule has 1 aliphatic heterocycles. The molecule has 0 aromatic carbocycles. The molecule has 1 unspecified atom stereocenters. The fourth-order valence-corrected chi connectivity index (χ4v) is 2.97. The fraction of sp³-hybridized carbons (Fsp3) is 1.00. The second kappa shape index (κ2) is 6.58. The van der Waals surface area contributed by atoms with Crippen molar-refractivity contribution in [2.45, 2.75) is 38.2 Å².